The standard InChI is InChI=1S/C25H24FN3O4/c26-20-10-5-15(13-21-18-3-1-2-4-19(18)25(33)29-28-21)14-22(20)27-24(32)12-11-23(31)16-6-8-17(30)9-7-16/h5-10,14,30H,1-4,11-13H2,(H,27,32)(H,29,33). The van der Waals surface area contributed by atoms with E-state index >= 15 is 0 Å². The maximum absolute atomic E-state index is 14.3. The van der Waals surface area contributed by atoms with Gasteiger partial charge < -0.3 is 10.4 Å². The van der Waals surface area contributed by atoms with Crippen LogP contribution in [-0.4, -0.2) is 27.0 Å². The first-order valence-electron chi connectivity index (χ1n) is 10.9. The van der Waals surface area contributed by atoms with Crippen LogP contribution in [0.4, 0.5) is 10.1 Å². The summed E-state index contributed by atoms with van der Waals surface area (Å²) in [6, 6.07) is 10.2. The number of nitrogens with zero attached hydrogens (tertiary/aromatic N) is 1. The Bertz CT molecular complexity index is 1250. The summed E-state index contributed by atoms with van der Waals surface area (Å²) >= 11 is 0. The fraction of sp³-hybridized carbons (Fsp3) is 0.280. The van der Waals surface area contributed by atoms with Crippen molar-refractivity contribution in [2.24, 2.45) is 0 Å². The van der Waals surface area contributed by atoms with Gasteiger partial charge in [0.15, 0.2) is 5.78 Å². The van der Waals surface area contributed by atoms with E-state index in [2.05, 4.69) is 15.5 Å². The van der Waals surface area contributed by atoms with Crippen molar-refractivity contribution in [3.05, 3.63) is 86.6 Å². The predicted molar refractivity (Wildman–Crippen MR) is 121 cm³/mol. The van der Waals surface area contributed by atoms with Crippen molar-refractivity contribution in [2.45, 2.75) is 44.9 Å². The number of rotatable bonds is 7. The molecule has 1 amide bonds. The molecule has 8 heteroatoms. The zero-order valence-corrected chi connectivity index (χ0v) is 18.0. The summed E-state index contributed by atoms with van der Waals surface area (Å²) in [7, 11) is 0. The van der Waals surface area contributed by atoms with E-state index in [1.807, 2.05) is 0 Å². The number of ketones is 1. The first kappa shape index (κ1) is 22.4. The van der Waals surface area contributed by atoms with Gasteiger partial charge in [-0.05, 0) is 73.2 Å². The van der Waals surface area contributed by atoms with Crippen LogP contribution in [0.15, 0.2) is 47.3 Å². The van der Waals surface area contributed by atoms with Gasteiger partial charge in [-0.2, -0.15) is 5.10 Å². The fourth-order valence-electron chi connectivity index (χ4n) is 4.08. The Hall–Kier alpha value is -3.81. The molecule has 1 heterocycles. The zero-order chi connectivity index (χ0) is 23.4. The highest BCUT2D eigenvalue weighted by Crippen LogP contribution is 2.24. The lowest BCUT2D eigenvalue weighted by molar-refractivity contribution is -0.116. The highest BCUT2D eigenvalue weighted by atomic mass is 19.1. The van der Waals surface area contributed by atoms with Crippen LogP contribution in [0.3, 0.4) is 0 Å². The maximum Gasteiger partial charge on any atom is 0.267 e. The molecule has 0 saturated carbocycles. The van der Waals surface area contributed by atoms with Gasteiger partial charge in [0.05, 0.1) is 11.4 Å². The third-order valence-electron chi connectivity index (χ3n) is 5.83. The third-order valence-corrected chi connectivity index (χ3v) is 5.83. The molecule has 7 nitrogen and oxygen atoms in total. The quantitative estimate of drug-likeness (QED) is 0.477. The predicted octanol–water partition coefficient (Wildman–Crippen LogP) is 3.69. The normalized spacial score (nSPS) is 12.8. The molecule has 170 valence electrons. The first-order valence-corrected chi connectivity index (χ1v) is 10.9. The van der Waals surface area contributed by atoms with Crippen LogP contribution in [-0.2, 0) is 24.1 Å². The van der Waals surface area contributed by atoms with Gasteiger partial charge in [0.2, 0.25) is 5.91 Å². The van der Waals surface area contributed by atoms with Gasteiger partial charge >= 0.3 is 0 Å². The molecule has 0 unspecified atom stereocenters. The third kappa shape index (κ3) is 5.34. The van der Waals surface area contributed by atoms with E-state index < -0.39 is 11.7 Å². The van der Waals surface area contributed by atoms with Crippen LogP contribution in [0.25, 0.3) is 0 Å². The Labute approximate surface area is 189 Å². The van der Waals surface area contributed by atoms with Crippen molar-refractivity contribution in [1.29, 1.82) is 0 Å². The molecule has 1 aromatic heterocycles. The van der Waals surface area contributed by atoms with E-state index in [1.54, 1.807) is 12.1 Å². The highest BCUT2D eigenvalue weighted by molar-refractivity contribution is 6.00. The van der Waals surface area contributed by atoms with Gasteiger partial charge in [0.1, 0.15) is 11.6 Å². The molecule has 0 saturated heterocycles. The fourth-order valence-corrected chi connectivity index (χ4v) is 4.08. The lowest BCUT2D eigenvalue weighted by atomic mass is 9.90. The first-order chi connectivity index (χ1) is 15.9. The molecular weight excluding hydrogens is 425 g/mol. The number of halogens is 1. The number of aromatic nitrogens is 2. The number of fused-ring (bicyclic) bond motifs is 1. The minimum absolute atomic E-state index is 0.0351. The van der Waals surface area contributed by atoms with Crippen LogP contribution in [0.1, 0.15) is 58.4 Å². The van der Waals surface area contributed by atoms with Crippen LogP contribution in [0.5, 0.6) is 5.75 Å². The molecule has 33 heavy (non-hydrogen) atoms. The molecule has 4 rings (SSSR count). The number of aromatic hydroxyl groups is 1. The van der Waals surface area contributed by atoms with Crippen molar-refractivity contribution in [3.63, 3.8) is 0 Å². The Morgan fingerprint density at radius 2 is 1.76 bits per heavy atom. The minimum Gasteiger partial charge on any atom is -0.508 e. The van der Waals surface area contributed by atoms with Gasteiger partial charge in [-0.3, -0.25) is 14.4 Å². The average Bonchev–Trinajstić information content (AvgIpc) is 2.82. The lowest BCUT2D eigenvalue weighted by Crippen LogP contribution is -2.23. The van der Waals surface area contributed by atoms with Gasteiger partial charge in [-0.25, -0.2) is 9.49 Å². The van der Waals surface area contributed by atoms with Crippen molar-refractivity contribution in [3.8, 4) is 5.75 Å². The molecule has 0 aliphatic heterocycles. The van der Waals surface area contributed by atoms with E-state index in [0.717, 1.165) is 48.1 Å². The Kier molecular flexibility index (Phi) is 6.63. The summed E-state index contributed by atoms with van der Waals surface area (Å²) in [5.41, 5.74) is 3.53. The number of benzene rings is 2. The van der Waals surface area contributed by atoms with Crippen molar-refractivity contribution in [2.75, 3.05) is 5.32 Å². The number of anilines is 1. The summed E-state index contributed by atoms with van der Waals surface area (Å²) in [6.07, 6.45) is 3.76. The monoisotopic (exact) mass is 449 g/mol. The molecular formula is C25H24FN3O4. The molecule has 0 fully saturated rings. The number of phenols is 1. The lowest BCUT2D eigenvalue weighted by Gasteiger charge is -2.17. The van der Waals surface area contributed by atoms with Crippen LogP contribution >= 0.6 is 0 Å². The largest absolute Gasteiger partial charge is 0.508 e. The summed E-state index contributed by atoms with van der Waals surface area (Å²) in [5, 5.41) is 18.6. The topological polar surface area (TPSA) is 112 Å². The molecule has 0 spiro atoms. The number of carbonyl (C=O) groups excluding carboxylic acids is 2. The zero-order valence-electron chi connectivity index (χ0n) is 18.0. The summed E-state index contributed by atoms with van der Waals surface area (Å²) in [6.45, 7) is 0. The molecule has 2 aromatic carbocycles. The Morgan fingerprint density at radius 3 is 2.52 bits per heavy atom. The second-order valence-electron chi connectivity index (χ2n) is 8.17. The second-order valence-corrected chi connectivity index (χ2v) is 8.17. The Morgan fingerprint density at radius 1 is 1.03 bits per heavy atom. The van der Waals surface area contributed by atoms with E-state index in [9.17, 15) is 23.9 Å². The smallest absolute Gasteiger partial charge is 0.267 e. The molecule has 1 aliphatic carbocycles. The van der Waals surface area contributed by atoms with Crippen LogP contribution in [0.2, 0.25) is 0 Å². The maximum atomic E-state index is 14.3. The molecule has 1 aliphatic rings. The molecule has 0 atom stereocenters. The number of phenolic OH excluding ortho intramolecular Hbond substituents is 1. The number of carbonyl (C=O) groups is 2. The van der Waals surface area contributed by atoms with Crippen LogP contribution in [0, 0.1) is 5.82 Å². The van der Waals surface area contributed by atoms with Gasteiger partial charge in [0, 0.05) is 30.4 Å². The summed E-state index contributed by atoms with van der Waals surface area (Å²) in [4.78, 5) is 36.6. The Balaban J connectivity index is 1.42. The number of Topliss-reactive ketones (excluding diaryl/α,β-unsaturated/α-hetero) is 1. The van der Waals surface area contributed by atoms with Gasteiger partial charge in [0.25, 0.3) is 5.56 Å². The highest BCUT2D eigenvalue weighted by Gasteiger charge is 2.19. The van der Waals surface area contributed by atoms with Crippen molar-refractivity contribution >= 4 is 17.4 Å². The van der Waals surface area contributed by atoms with Crippen LogP contribution < -0.4 is 10.9 Å². The molecule has 0 bridgehead atoms. The molecule has 0 radical (unpaired) electrons. The minimum atomic E-state index is -0.576. The van der Waals surface area contributed by atoms with E-state index in [4.69, 9.17) is 0 Å². The van der Waals surface area contributed by atoms with Gasteiger partial charge in [-0.15, -0.1) is 0 Å². The number of aromatic amines is 1. The number of nitrogens with one attached hydrogen (secondary N) is 2. The van der Waals surface area contributed by atoms with E-state index in [1.165, 1.54) is 30.3 Å². The van der Waals surface area contributed by atoms with Crippen molar-refractivity contribution < 1.29 is 19.1 Å². The number of amides is 1. The van der Waals surface area contributed by atoms with E-state index in [0.29, 0.717) is 12.0 Å². The SMILES string of the molecule is O=C(CCC(=O)c1ccc(O)cc1)Nc1cc(Cc2n[nH]c(=O)c3c2CCCC3)ccc1F. The van der Waals surface area contributed by atoms with Crippen molar-refractivity contribution in [1.82, 2.24) is 10.2 Å². The van der Waals surface area contributed by atoms with Gasteiger partial charge in [-0.1, -0.05) is 6.07 Å². The average molecular weight is 449 g/mol. The number of hydrogen-bond acceptors (Lipinski definition) is 5. The molecule has 3 aromatic rings. The number of hydrogen-bond donors (Lipinski definition) is 3. The summed E-state index contributed by atoms with van der Waals surface area (Å²) < 4.78 is 14.3. The number of H-pyrrole nitrogens is 1. The van der Waals surface area contributed by atoms with E-state index in [-0.39, 0.29) is 35.6 Å². The second kappa shape index (κ2) is 9.77. The summed E-state index contributed by atoms with van der Waals surface area (Å²) in [5.74, 6) is -1.24. The molecule has 3 N–H and O–H groups in total.